The van der Waals surface area contributed by atoms with Crippen molar-refractivity contribution in [3.8, 4) is 11.1 Å². The average Bonchev–Trinajstić information content (AvgIpc) is 2.30. The Kier molecular flexibility index (Phi) is 2.82. The van der Waals surface area contributed by atoms with Gasteiger partial charge >= 0.3 is 0 Å². The van der Waals surface area contributed by atoms with Gasteiger partial charge in [0.2, 0.25) is 0 Å². The van der Waals surface area contributed by atoms with Gasteiger partial charge in [0.15, 0.2) is 0 Å². The van der Waals surface area contributed by atoms with Crippen molar-refractivity contribution in [3.63, 3.8) is 0 Å². The zero-order chi connectivity index (χ0) is 11.5. The zero-order valence-electron chi connectivity index (χ0n) is 9.49. The van der Waals surface area contributed by atoms with E-state index in [1.807, 2.05) is 18.2 Å². The molecule has 0 amide bonds. The van der Waals surface area contributed by atoms with Gasteiger partial charge in [-0.15, -0.1) is 0 Å². The molecule has 80 valence electrons. The maximum Gasteiger partial charge on any atom is 0.0355 e. The molecule has 0 fully saturated rings. The first-order valence-corrected chi connectivity index (χ1v) is 5.25. The highest BCUT2D eigenvalue weighted by Gasteiger charge is 2.03. The van der Waals surface area contributed by atoms with Crippen molar-refractivity contribution >= 4 is 5.71 Å². The third kappa shape index (κ3) is 2.01. The van der Waals surface area contributed by atoms with Crippen molar-refractivity contribution in [3.05, 3.63) is 53.9 Å². The fraction of sp³-hybridized carbons (Fsp3) is 0.143. The van der Waals surface area contributed by atoms with Gasteiger partial charge in [0.1, 0.15) is 0 Å². The molecule has 0 bridgehead atoms. The maximum absolute atomic E-state index is 7.60. The van der Waals surface area contributed by atoms with Crippen LogP contribution in [0.25, 0.3) is 11.1 Å². The van der Waals surface area contributed by atoms with Crippen LogP contribution in [-0.4, -0.2) is 10.7 Å². The van der Waals surface area contributed by atoms with E-state index in [9.17, 15) is 0 Å². The van der Waals surface area contributed by atoms with Crippen LogP contribution in [-0.2, 0) is 0 Å². The van der Waals surface area contributed by atoms with Crippen molar-refractivity contribution in [2.75, 3.05) is 0 Å². The lowest BCUT2D eigenvalue weighted by atomic mass is 9.98. The topological polar surface area (TPSA) is 36.7 Å². The summed E-state index contributed by atoms with van der Waals surface area (Å²) in [6.07, 6.45) is 3.59. The summed E-state index contributed by atoms with van der Waals surface area (Å²) >= 11 is 0. The molecular weight excluding hydrogens is 196 g/mol. The number of rotatable bonds is 2. The maximum atomic E-state index is 7.60. The predicted octanol–water partition coefficient (Wildman–Crippen LogP) is 3.44. The number of pyridine rings is 1. The van der Waals surface area contributed by atoms with Crippen LogP contribution < -0.4 is 0 Å². The zero-order valence-corrected chi connectivity index (χ0v) is 9.49. The smallest absolute Gasteiger partial charge is 0.0355 e. The minimum Gasteiger partial charge on any atom is -0.305 e. The lowest BCUT2D eigenvalue weighted by Gasteiger charge is -2.07. The Morgan fingerprint density at radius 3 is 2.38 bits per heavy atom. The summed E-state index contributed by atoms with van der Waals surface area (Å²) in [6.45, 7) is 3.88. The van der Waals surface area contributed by atoms with Crippen LogP contribution in [0.4, 0.5) is 0 Å². The molecule has 0 spiro atoms. The van der Waals surface area contributed by atoms with E-state index in [1.54, 1.807) is 19.3 Å². The second kappa shape index (κ2) is 4.27. The summed E-state index contributed by atoms with van der Waals surface area (Å²) < 4.78 is 0. The number of aryl methyl sites for hydroxylation is 1. The molecule has 0 aliphatic heterocycles. The standard InChI is InChI=1S/C14H14N2/c1-10-9-13(11(2)15)3-4-14(10)12-5-7-16-8-6-12/h3-9,15H,1-2H3. The SMILES string of the molecule is CC(=N)c1ccc(-c2ccncc2)c(C)c1. The molecule has 1 heterocycles. The van der Waals surface area contributed by atoms with Crippen LogP contribution in [0, 0.1) is 12.3 Å². The normalized spacial score (nSPS) is 10.1. The molecule has 0 atom stereocenters. The molecule has 0 unspecified atom stereocenters. The van der Waals surface area contributed by atoms with Gasteiger partial charge in [-0.2, -0.15) is 0 Å². The molecule has 1 N–H and O–H groups in total. The van der Waals surface area contributed by atoms with Crippen LogP contribution in [0.1, 0.15) is 18.1 Å². The van der Waals surface area contributed by atoms with Gasteiger partial charge in [0, 0.05) is 18.1 Å². The molecule has 0 aliphatic rings. The van der Waals surface area contributed by atoms with Gasteiger partial charge < -0.3 is 5.41 Å². The molecule has 2 heteroatoms. The lowest BCUT2D eigenvalue weighted by molar-refractivity contribution is 1.32. The van der Waals surface area contributed by atoms with Crippen molar-refractivity contribution in [1.82, 2.24) is 4.98 Å². The van der Waals surface area contributed by atoms with Crippen molar-refractivity contribution in [2.24, 2.45) is 0 Å². The summed E-state index contributed by atoms with van der Waals surface area (Å²) in [6, 6.07) is 10.1. The van der Waals surface area contributed by atoms with Crippen molar-refractivity contribution in [2.45, 2.75) is 13.8 Å². The van der Waals surface area contributed by atoms with E-state index in [0.717, 1.165) is 5.56 Å². The Hall–Kier alpha value is -1.96. The van der Waals surface area contributed by atoms with Gasteiger partial charge in [-0.25, -0.2) is 0 Å². The third-order valence-corrected chi connectivity index (χ3v) is 2.65. The van der Waals surface area contributed by atoms with Crippen LogP contribution in [0.15, 0.2) is 42.7 Å². The largest absolute Gasteiger partial charge is 0.305 e. The molecule has 1 aromatic carbocycles. The predicted molar refractivity (Wildman–Crippen MR) is 66.9 cm³/mol. The molecule has 16 heavy (non-hydrogen) atoms. The van der Waals surface area contributed by atoms with Gasteiger partial charge in [-0.05, 0) is 54.3 Å². The number of aromatic nitrogens is 1. The van der Waals surface area contributed by atoms with E-state index >= 15 is 0 Å². The van der Waals surface area contributed by atoms with Crippen LogP contribution in [0.2, 0.25) is 0 Å². The summed E-state index contributed by atoms with van der Waals surface area (Å²) in [5.74, 6) is 0. The summed E-state index contributed by atoms with van der Waals surface area (Å²) in [5, 5.41) is 7.60. The van der Waals surface area contributed by atoms with E-state index in [2.05, 4.69) is 24.0 Å². The van der Waals surface area contributed by atoms with E-state index in [1.165, 1.54) is 16.7 Å². The van der Waals surface area contributed by atoms with Crippen LogP contribution >= 0.6 is 0 Å². The van der Waals surface area contributed by atoms with E-state index in [0.29, 0.717) is 5.71 Å². The van der Waals surface area contributed by atoms with Crippen molar-refractivity contribution < 1.29 is 0 Å². The molecule has 0 radical (unpaired) electrons. The van der Waals surface area contributed by atoms with Crippen LogP contribution in [0.3, 0.4) is 0 Å². The lowest BCUT2D eigenvalue weighted by Crippen LogP contribution is -1.93. The minimum absolute atomic E-state index is 0.601. The molecule has 0 aliphatic carbocycles. The Labute approximate surface area is 95.5 Å². The average molecular weight is 210 g/mol. The van der Waals surface area contributed by atoms with E-state index < -0.39 is 0 Å². The second-order valence-corrected chi connectivity index (χ2v) is 3.89. The van der Waals surface area contributed by atoms with E-state index in [-0.39, 0.29) is 0 Å². The highest BCUT2D eigenvalue weighted by Crippen LogP contribution is 2.23. The highest BCUT2D eigenvalue weighted by atomic mass is 14.6. The third-order valence-electron chi connectivity index (χ3n) is 2.65. The van der Waals surface area contributed by atoms with Crippen LogP contribution in [0.5, 0.6) is 0 Å². The van der Waals surface area contributed by atoms with Gasteiger partial charge in [0.25, 0.3) is 0 Å². The van der Waals surface area contributed by atoms with Gasteiger partial charge in [-0.1, -0.05) is 12.1 Å². The van der Waals surface area contributed by atoms with E-state index in [4.69, 9.17) is 5.41 Å². The van der Waals surface area contributed by atoms with Crippen molar-refractivity contribution in [1.29, 1.82) is 5.41 Å². The first-order chi connectivity index (χ1) is 7.68. The number of nitrogens with one attached hydrogen (secondary N) is 1. The number of hydrogen-bond donors (Lipinski definition) is 1. The molecule has 2 aromatic rings. The Morgan fingerprint density at radius 2 is 1.81 bits per heavy atom. The molecule has 0 saturated carbocycles. The fourth-order valence-corrected chi connectivity index (χ4v) is 1.75. The first-order valence-electron chi connectivity index (χ1n) is 5.25. The molecule has 2 rings (SSSR count). The molecule has 1 aromatic heterocycles. The van der Waals surface area contributed by atoms with Gasteiger partial charge in [-0.3, -0.25) is 4.98 Å². The van der Waals surface area contributed by atoms with Gasteiger partial charge in [0.05, 0.1) is 0 Å². The number of hydrogen-bond acceptors (Lipinski definition) is 2. The molecular formula is C14H14N2. The Morgan fingerprint density at radius 1 is 1.12 bits per heavy atom. The number of benzene rings is 1. The first kappa shape index (κ1) is 10.6. The summed E-state index contributed by atoms with van der Waals surface area (Å²) in [7, 11) is 0. The fourth-order valence-electron chi connectivity index (χ4n) is 1.75. The summed E-state index contributed by atoms with van der Waals surface area (Å²) in [4.78, 5) is 4.01. The Balaban J connectivity index is 2.48. The second-order valence-electron chi connectivity index (χ2n) is 3.89. The highest BCUT2D eigenvalue weighted by molar-refractivity contribution is 5.97. The monoisotopic (exact) mass is 210 g/mol. The number of nitrogens with zero attached hydrogens (tertiary/aromatic N) is 1. The molecule has 0 saturated heterocycles. The minimum atomic E-state index is 0.601. The molecule has 2 nitrogen and oxygen atoms in total. The Bertz CT molecular complexity index is 516. The summed E-state index contributed by atoms with van der Waals surface area (Å²) in [5.41, 5.74) is 5.14. The quantitative estimate of drug-likeness (QED) is 0.757.